The van der Waals surface area contributed by atoms with Crippen LogP contribution in [0.5, 0.6) is 0 Å². The summed E-state index contributed by atoms with van der Waals surface area (Å²) in [5.41, 5.74) is 6.11. The molecule has 2 aromatic carbocycles. The van der Waals surface area contributed by atoms with E-state index >= 15 is 0 Å². The van der Waals surface area contributed by atoms with Gasteiger partial charge < -0.3 is 5.32 Å². The van der Waals surface area contributed by atoms with Crippen LogP contribution in [0.2, 0.25) is 0 Å². The maximum Gasteiger partial charge on any atom is 0.266 e. The van der Waals surface area contributed by atoms with E-state index in [2.05, 4.69) is 11.4 Å². The maximum atomic E-state index is 12.3. The molecule has 0 saturated carbocycles. The summed E-state index contributed by atoms with van der Waals surface area (Å²) in [6.07, 6.45) is 1.65. The molecule has 2 aromatic rings. The summed E-state index contributed by atoms with van der Waals surface area (Å²) in [5.74, 6) is -0.393. The van der Waals surface area contributed by atoms with Crippen molar-refractivity contribution in [3.63, 3.8) is 0 Å². The first-order valence-corrected chi connectivity index (χ1v) is 7.48. The number of hydrogen-bond donors (Lipinski definition) is 1. The number of aryl methyl sites for hydroxylation is 4. The Kier molecular flexibility index (Phi) is 4.98. The van der Waals surface area contributed by atoms with E-state index in [1.807, 2.05) is 58.0 Å². The second-order valence-electron chi connectivity index (χ2n) is 5.79. The number of rotatable bonds is 3. The minimum absolute atomic E-state index is 0.0952. The molecule has 0 bridgehead atoms. The Balaban J connectivity index is 2.30. The third-order valence-corrected chi connectivity index (χ3v) is 3.82. The molecular formula is C20H20N2O. The Hall–Kier alpha value is -2.86. The van der Waals surface area contributed by atoms with Gasteiger partial charge >= 0.3 is 0 Å². The van der Waals surface area contributed by atoms with Crippen LogP contribution >= 0.6 is 0 Å². The lowest BCUT2D eigenvalue weighted by Gasteiger charge is -2.08. The predicted molar refractivity (Wildman–Crippen MR) is 94.1 cm³/mol. The van der Waals surface area contributed by atoms with Crippen LogP contribution in [0.15, 0.2) is 42.0 Å². The van der Waals surface area contributed by atoms with Gasteiger partial charge in [0.1, 0.15) is 11.6 Å². The predicted octanol–water partition coefficient (Wildman–Crippen LogP) is 4.47. The number of benzene rings is 2. The van der Waals surface area contributed by atoms with Crippen LogP contribution in [-0.4, -0.2) is 5.91 Å². The molecule has 0 unspecified atom stereocenters. The van der Waals surface area contributed by atoms with Crippen molar-refractivity contribution in [2.75, 3.05) is 5.32 Å². The summed E-state index contributed by atoms with van der Waals surface area (Å²) >= 11 is 0. The minimum atomic E-state index is -0.393. The summed E-state index contributed by atoms with van der Waals surface area (Å²) in [6, 6.07) is 13.6. The number of nitriles is 1. The molecule has 0 aromatic heterocycles. The van der Waals surface area contributed by atoms with Gasteiger partial charge in [-0.2, -0.15) is 5.26 Å². The van der Waals surface area contributed by atoms with Gasteiger partial charge in [-0.3, -0.25) is 4.79 Å². The third kappa shape index (κ3) is 4.08. The minimum Gasteiger partial charge on any atom is -0.321 e. The highest BCUT2D eigenvalue weighted by Gasteiger charge is 2.11. The van der Waals surface area contributed by atoms with Gasteiger partial charge in [0.2, 0.25) is 0 Å². The zero-order valence-corrected chi connectivity index (χ0v) is 13.9. The second kappa shape index (κ2) is 6.93. The Morgan fingerprint density at radius 1 is 1.04 bits per heavy atom. The molecule has 3 heteroatoms. The SMILES string of the molecule is Cc1cccc(NC(=O)/C(C#N)=C\c2cc(C)c(C)cc2C)c1. The van der Waals surface area contributed by atoms with Crippen molar-refractivity contribution in [1.82, 2.24) is 0 Å². The van der Waals surface area contributed by atoms with Gasteiger partial charge in [-0.15, -0.1) is 0 Å². The van der Waals surface area contributed by atoms with Crippen LogP contribution in [0.4, 0.5) is 5.69 Å². The molecule has 0 atom stereocenters. The lowest BCUT2D eigenvalue weighted by Crippen LogP contribution is -2.13. The largest absolute Gasteiger partial charge is 0.321 e. The quantitative estimate of drug-likeness (QED) is 0.672. The van der Waals surface area contributed by atoms with Gasteiger partial charge in [0.15, 0.2) is 0 Å². The Morgan fingerprint density at radius 2 is 1.74 bits per heavy atom. The number of amides is 1. The highest BCUT2D eigenvalue weighted by molar-refractivity contribution is 6.09. The van der Waals surface area contributed by atoms with Gasteiger partial charge in [-0.1, -0.05) is 24.3 Å². The number of carbonyl (C=O) groups is 1. The molecule has 0 aliphatic carbocycles. The van der Waals surface area contributed by atoms with Gasteiger partial charge in [0.05, 0.1) is 0 Å². The van der Waals surface area contributed by atoms with Crippen LogP contribution in [0.3, 0.4) is 0 Å². The summed E-state index contributed by atoms with van der Waals surface area (Å²) < 4.78 is 0. The topological polar surface area (TPSA) is 52.9 Å². The lowest BCUT2D eigenvalue weighted by atomic mass is 9.99. The van der Waals surface area contributed by atoms with Crippen molar-refractivity contribution in [2.45, 2.75) is 27.7 Å². The molecule has 1 amide bonds. The molecule has 0 aliphatic rings. The fourth-order valence-electron chi connectivity index (χ4n) is 2.36. The van der Waals surface area contributed by atoms with Crippen molar-refractivity contribution in [3.8, 4) is 6.07 Å². The van der Waals surface area contributed by atoms with Gasteiger partial charge in [-0.05, 0) is 73.7 Å². The van der Waals surface area contributed by atoms with E-state index in [4.69, 9.17) is 0 Å². The van der Waals surface area contributed by atoms with Crippen molar-refractivity contribution < 1.29 is 4.79 Å². The van der Waals surface area contributed by atoms with Crippen molar-refractivity contribution in [3.05, 3.63) is 69.8 Å². The average molecular weight is 304 g/mol. The standard InChI is InChI=1S/C20H20N2O/c1-13-6-5-7-19(8-13)22-20(23)18(12-21)11-17-10-15(3)14(2)9-16(17)4/h5-11H,1-4H3,(H,22,23)/b18-11-. The van der Waals surface area contributed by atoms with E-state index in [9.17, 15) is 10.1 Å². The molecule has 116 valence electrons. The van der Waals surface area contributed by atoms with E-state index in [1.165, 1.54) is 5.56 Å². The Morgan fingerprint density at radius 3 is 2.39 bits per heavy atom. The van der Waals surface area contributed by atoms with Crippen LogP contribution in [-0.2, 0) is 4.79 Å². The van der Waals surface area contributed by atoms with Gasteiger partial charge in [0, 0.05) is 5.69 Å². The van der Waals surface area contributed by atoms with E-state index in [0.29, 0.717) is 5.69 Å². The monoisotopic (exact) mass is 304 g/mol. The van der Waals surface area contributed by atoms with Gasteiger partial charge in [0.25, 0.3) is 5.91 Å². The molecule has 0 saturated heterocycles. The Labute approximate surface area is 137 Å². The maximum absolute atomic E-state index is 12.3. The molecule has 0 aliphatic heterocycles. The highest BCUT2D eigenvalue weighted by Crippen LogP contribution is 2.19. The molecule has 0 heterocycles. The third-order valence-electron chi connectivity index (χ3n) is 3.82. The van der Waals surface area contributed by atoms with E-state index < -0.39 is 5.91 Å². The molecular weight excluding hydrogens is 284 g/mol. The summed E-state index contributed by atoms with van der Waals surface area (Å²) in [7, 11) is 0. The summed E-state index contributed by atoms with van der Waals surface area (Å²) in [6.45, 7) is 8.00. The fourth-order valence-corrected chi connectivity index (χ4v) is 2.36. The lowest BCUT2D eigenvalue weighted by molar-refractivity contribution is -0.112. The number of anilines is 1. The van der Waals surface area contributed by atoms with Crippen molar-refractivity contribution >= 4 is 17.7 Å². The van der Waals surface area contributed by atoms with E-state index in [1.54, 1.807) is 12.1 Å². The van der Waals surface area contributed by atoms with Gasteiger partial charge in [-0.25, -0.2) is 0 Å². The normalized spacial score (nSPS) is 11.0. The first-order valence-electron chi connectivity index (χ1n) is 7.48. The Bertz CT molecular complexity index is 826. The molecule has 3 nitrogen and oxygen atoms in total. The van der Waals surface area contributed by atoms with Crippen LogP contribution in [0.25, 0.3) is 6.08 Å². The molecule has 0 spiro atoms. The molecule has 0 fully saturated rings. The smallest absolute Gasteiger partial charge is 0.266 e. The molecule has 0 radical (unpaired) electrons. The summed E-state index contributed by atoms with van der Waals surface area (Å²) in [5, 5.41) is 12.1. The molecule has 1 N–H and O–H groups in total. The van der Waals surface area contributed by atoms with Crippen LogP contribution < -0.4 is 5.32 Å². The van der Waals surface area contributed by atoms with E-state index in [0.717, 1.165) is 22.3 Å². The van der Waals surface area contributed by atoms with Crippen LogP contribution in [0, 0.1) is 39.0 Å². The molecule has 23 heavy (non-hydrogen) atoms. The fraction of sp³-hybridized carbons (Fsp3) is 0.200. The number of hydrogen-bond acceptors (Lipinski definition) is 2. The second-order valence-corrected chi connectivity index (χ2v) is 5.79. The van der Waals surface area contributed by atoms with Crippen LogP contribution in [0.1, 0.15) is 27.8 Å². The number of nitrogens with zero attached hydrogens (tertiary/aromatic N) is 1. The number of nitrogens with one attached hydrogen (secondary N) is 1. The zero-order chi connectivity index (χ0) is 17.0. The average Bonchev–Trinajstić information content (AvgIpc) is 2.49. The molecule has 2 rings (SSSR count). The summed E-state index contributed by atoms with van der Waals surface area (Å²) in [4.78, 5) is 12.3. The zero-order valence-electron chi connectivity index (χ0n) is 13.9. The number of carbonyl (C=O) groups excluding carboxylic acids is 1. The van der Waals surface area contributed by atoms with Crippen molar-refractivity contribution in [1.29, 1.82) is 5.26 Å². The van der Waals surface area contributed by atoms with Crippen molar-refractivity contribution in [2.24, 2.45) is 0 Å². The first kappa shape index (κ1) is 16.5. The highest BCUT2D eigenvalue weighted by atomic mass is 16.1. The first-order chi connectivity index (χ1) is 10.9. The van der Waals surface area contributed by atoms with E-state index in [-0.39, 0.29) is 5.57 Å².